The van der Waals surface area contributed by atoms with E-state index >= 15 is 0 Å². The summed E-state index contributed by atoms with van der Waals surface area (Å²) >= 11 is 5.49. The van der Waals surface area contributed by atoms with Gasteiger partial charge in [0.15, 0.2) is 0 Å². The highest BCUT2D eigenvalue weighted by molar-refractivity contribution is 7.27. The minimum Gasteiger partial charge on any atom is -0.309 e. The summed E-state index contributed by atoms with van der Waals surface area (Å²) in [6, 6.07) is 57.0. The molecule has 0 saturated carbocycles. The van der Waals surface area contributed by atoms with Gasteiger partial charge in [0.25, 0.3) is 0 Å². The van der Waals surface area contributed by atoms with Crippen LogP contribution in [0.2, 0.25) is 0 Å². The smallest absolute Gasteiger partial charge is 0.124 e. The van der Waals surface area contributed by atoms with E-state index in [2.05, 4.69) is 163 Å². The van der Waals surface area contributed by atoms with Gasteiger partial charge >= 0.3 is 0 Å². The monoisotopic (exact) mass is 666 g/mol. The number of hydrogen-bond acceptors (Lipinski definition) is 5. The molecule has 0 bridgehead atoms. The quantitative estimate of drug-likeness (QED) is 0.182. The Morgan fingerprint density at radius 3 is 1.94 bits per heavy atom. The molecule has 48 heavy (non-hydrogen) atoms. The molecule has 10 rings (SSSR count). The summed E-state index contributed by atoms with van der Waals surface area (Å²) in [4.78, 5) is 7.62. The van der Waals surface area contributed by atoms with E-state index in [0.717, 1.165) is 27.5 Å². The Hall–Kier alpha value is -5.33. The van der Waals surface area contributed by atoms with Gasteiger partial charge in [0.1, 0.15) is 5.01 Å². The van der Waals surface area contributed by atoms with Crippen molar-refractivity contribution in [2.24, 2.45) is 0 Å². The van der Waals surface area contributed by atoms with Gasteiger partial charge in [-0.25, -0.2) is 4.98 Å². The number of rotatable bonds is 5. The van der Waals surface area contributed by atoms with Gasteiger partial charge in [-0.3, -0.25) is 0 Å². The molecule has 226 valence electrons. The number of anilines is 3. The van der Waals surface area contributed by atoms with Gasteiger partial charge in [-0.2, -0.15) is 0 Å². The summed E-state index contributed by atoms with van der Waals surface area (Å²) in [5.74, 6) is 0. The molecule has 5 heteroatoms. The van der Waals surface area contributed by atoms with E-state index in [-0.39, 0.29) is 0 Å². The molecule has 3 aromatic heterocycles. The predicted octanol–water partition coefficient (Wildman–Crippen LogP) is 13.8. The molecule has 0 atom stereocenters. The van der Waals surface area contributed by atoms with Crippen molar-refractivity contribution in [2.45, 2.75) is 0 Å². The van der Waals surface area contributed by atoms with Crippen LogP contribution in [0.1, 0.15) is 0 Å². The van der Waals surface area contributed by atoms with E-state index in [4.69, 9.17) is 4.98 Å². The van der Waals surface area contributed by atoms with Crippen LogP contribution in [0.5, 0.6) is 0 Å². The van der Waals surface area contributed by atoms with Gasteiger partial charge in [0.2, 0.25) is 0 Å². The Kier molecular flexibility index (Phi) is 6.44. The van der Waals surface area contributed by atoms with Crippen molar-refractivity contribution in [1.82, 2.24) is 4.98 Å². The average molecular weight is 667 g/mol. The Labute approximate surface area is 289 Å². The summed E-state index contributed by atoms with van der Waals surface area (Å²) < 4.78 is 6.35. The van der Waals surface area contributed by atoms with Crippen molar-refractivity contribution in [1.29, 1.82) is 0 Å². The Morgan fingerprint density at radius 1 is 0.417 bits per heavy atom. The molecule has 0 N–H and O–H groups in total. The normalized spacial score (nSPS) is 11.8. The van der Waals surface area contributed by atoms with E-state index in [0.29, 0.717) is 0 Å². The van der Waals surface area contributed by atoms with Gasteiger partial charge in [-0.05, 0) is 59.7 Å². The SMILES string of the molecule is c1ccc(-c2ccc(N(c3ccc4c(c3)sc3ccc5sc(-c6ccccc6)nc5c34)c3cccc4c3sc3ccccc34)cc2)cc1. The molecule has 7 aromatic carbocycles. The van der Waals surface area contributed by atoms with Gasteiger partial charge in [-0.1, -0.05) is 109 Å². The molecule has 0 spiro atoms. The minimum absolute atomic E-state index is 1.07. The number of nitrogens with zero attached hydrogens (tertiary/aromatic N) is 2. The van der Waals surface area contributed by atoms with Crippen LogP contribution in [0.25, 0.3) is 72.3 Å². The van der Waals surface area contributed by atoms with E-state index in [9.17, 15) is 0 Å². The third kappa shape index (κ3) is 4.47. The highest BCUT2D eigenvalue weighted by Crippen LogP contribution is 2.47. The average Bonchev–Trinajstić information content (AvgIpc) is 3.86. The van der Waals surface area contributed by atoms with Crippen molar-refractivity contribution in [3.05, 3.63) is 158 Å². The van der Waals surface area contributed by atoms with Crippen LogP contribution in [-0.4, -0.2) is 4.98 Å². The molecule has 0 amide bonds. The molecule has 10 aromatic rings. The second kappa shape index (κ2) is 11.1. The second-order valence-electron chi connectivity index (χ2n) is 12.0. The summed E-state index contributed by atoms with van der Waals surface area (Å²) in [6.07, 6.45) is 0. The van der Waals surface area contributed by atoms with Gasteiger partial charge < -0.3 is 4.90 Å². The maximum atomic E-state index is 5.19. The molecule has 0 aliphatic carbocycles. The summed E-state index contributed by atoms with van der Waals surface area (Å²) in [7, 11) is 0. The largest absolute Gasteiger partial charge is 0.309 e. The molecule has 0 saturated heterocycles. The van der Waals surface area contributed by atoms with Crippen molar-refractivity contribution >= 4 is 102 Å². The fraction of sp³-hybridized carbons (Fsp3) is 0. The van der Waals surface area contributed by atoms with E-state index in [1.165, 1.54) is 61.9 Å². The first-order chi connectivity index (χ1) is 23.8. The van der Waals surface area contributed by atoms with Crippen molar-refractivity contribution in [3.63, 3.8) is 0 Å². The molecule has 0 aliphatic heterocycles. The number of fused-ring (bicyclic) bond motifs is 8. The molecule has 0 aliphatic rings. The topological polar surface area (TPSA) is 16.1 Å². The number of benzene rings is 7. The second-order valence-corrected chi connectivity index (χ2v) is 15.1. The minimum atomic E-state index is 1.07. The first-order valence-corrected chi connectivity index (χ1v) is 18.4. The van der Waals surface area contributed by atoms with Crippen LogP contribution >= 0.6 is 34.0 Å². The fourth-order valence-corrected chi connectivity index (χ4v) is 10.2. The van der Waals surface area contributed by atoms with E-state index < -0.39 is 0 Å². The first kappa shape index (κ1) is 27.8. The van der Waals surface area contributed by atoms with Crippen LogP contribution < -0.4 is 4.90 Å². The lowest BCUT2D eigenvalue weighted by atomic mass is 10.0. The molecular formula is C43H26N2S3. The number of aromatic nitrogens is 1. The Balaban J connectivity index is 1.17. The van der Waals surface area contributed by atoms with Crippen LogP contribution in [0.15, 0.2) is 158 Å². The van der Waals surface area contributed by atoms with Crippen LogP contribution in [0.4, 0.5) is 17.1 Å². The van der Waals surface area contributed by atoms with Gasteiger partial charge in [0, 0.05) is 52.6 Å². The van der Waals surface area contributed by atoms with Gasteiger partial charge in [0.05, 0.1) is 20.6 Å². The maximum absolute atomic E-state index is 5.19. The van der Waals surface area contributed by atoms with Crippen LogP contribution in [0, 0.1) is 0 Å². The molecule has 0 fully saturated rings. The number of thiophene rings is 2. The summed E-state index contributed by atoms with van der Waals surface area (Å²) in [6.45, 7) is 0. The summed E-state index contributed by atoms with van der Waals surface area (Å²) in [5, 5.41) is 6.18. The summed E-state index contributed by atoms with van der Waals surface area (Å²) in [5.41, 5.74) is 8.16. The molecule has 3 heterocycles. The third-order valence-electron chi connectivity index (χ3n) is 9.11. The first-order valence-electron chi connectivity index (χ1n) is 16.0. The Bertz CT molecular complexity index is 2770. The van der Waals surface area contributed by atoms with Gasteiger partial charge in [-0.15, -0.1) is 34.0 Å². The van der Waals surface area contributed by atoms with Crippen molar-refractivity contribution in [2.75, 3.05) is 4.90 Å². The molecule has 0 radical (unpaired) electrons. The van der Waals surface area contributed by atoms with E-state index in [1.54, 1.807) is 11.3 Å². The highest BCUT2D eigenvalue weighted by Gasteiger charge is 2.20. The van der Waals surface area contributed by atoms with E-state index in [1.807, 2.05) is 22.7 Å². The van der Waals surface area contributed by atoms with Crippen molar-refractivity contribution < 1.29 is 0 Å². The lowest BCUT2D eigenvalue weighted by molar-refractivity contribution is 1.31. The lowest BCUT2D eigenvalue weighted by Crippen LogP contribution is -2.09. The van der Waals surface area contributed by atoms with Crippen LogP contribution in [0.3, 0.4) is 0 Å². The number of hydrogen-bond donors (Lipinski definition) is 0. The zero-order valence-electron chi connectivity index (χ0n) is 25.6. The molecular weight excluding hydrogens is 641 g/mol. The van der Waals surface area contributed by atoms with Crippen LogP contribution in [-0.2, 0) is 0 Å². The molecule has 0 unspecified atom stereocenters. The zero-order chi connectivity index (χ0) is 31.6. The standard InChI is InChI=1S/C43H26N2S3/c1-3-10-27(11-4-1)28-18-20-30(21-19-28)45(35-16-9-15-33-32-14-7-8-17-36(32)47-42(33)35)31-22-23-34-39(26-31)46-37-24-25-38-41(40(34)37)44-43(48-38)29-12-5-2-6-13-29/h1-26H. The predicted molar refractivity (Wildman–Crippen MR) is 211 cm³/mol. The lowest BCUT2D eigenvalue weighted by Gasteiger charge is -2.26. The molecule has 2 nitrogen and oxygen atoms in total. The van der Waals surface area contributed by atoms with Crippen molar-refractivity contribution in [3.8, 4) is 21.7 Å². The third-order valence-corrected chi connectivity index (χ3v) is 12.5. The Morgan fingerprint density at radius 2 is 1.10 bits per heavy atom. The fourth-order valence-electron chi connectivity index (χ4n) is 6.85. The zero-order valence-corrected chi connectivity index (χ0v) is 28.1. The maximum Gasteiger partial charge on any atom is 0.124 e. The highest BCUT2D eigenvalue weighted by atomic mass is 32.1. The number of thiazole rings is 1.